The highest BCUT2D eigenvalue weighted by Gasteiger charge is 2.25. The first-order chi connectivity index (χ1) is 18.8. The number of benzene rings is 1. The summed E-state index contributed by atoms with van der Waals surface area (Å²) < 4.78 is 14.3. The summed E-state index contributed by atoms with van der Waals surface area (Å²) in [5.41, 5.74) is 5.73. The molecule has 1 aromatic heterocycles. The number of nitrogens with one attached hydrogen (secondary N) is 2. The Morgan fingerprint density at radius 2 is 1.68 bits per heavy atom. The number of aromatic nitrogens is 1. The average Bonchev–Trinajstić information content (AvgIpc) is 2.88. The molecule has 0 saturated carbocycles. The average molecular weight is 546 g/mol. The molecule has 40 heavy (non-hydrogen) atoms. The van der Waals surface area contributed by atoms with Crippen molar-refractivity contribution in [2.24, 2.45) is 16.3 Å². The maximum atomic E-state index is 14.3. The quantitative estimate of drug-likeness (QED) is 0.207. The zero-order valence-electron chi connectivity index (χ0n) is 25.4. The maximum Gasteiger partial charge on any atom is 0.131 e. The van der Waals surface area contributed by atoms with Crippen molar-refractivity contribution in [1.82, 2.24) is 4.98 Å². The van der Waals surface area contributed by atoms with E-state index in [0.29, 0.717) is 18.0 Å². The number of hydrogen-bond acceptors (Lipinski definition) is 5. The number of piperidine rings is 1. The van der Waals surface area contributed by atoms with Crippen LogP contribution in [-0.4, -0.2) is 31.3 Å². The maximum absolute atomic E-state index is 14.3. The molecule has 2 N–H and O–H groups in total. The molecule has 5 nitrogen and oxygen atoms in total. The molecular weight excluding hydrogens is 497 g/mol. The molecule has 1 aromatic carbocycles. The number of pyridine rings is 1. The lowest BCUT2D eigenvalue weighted by Gasteiger charge is -2.35. The first-order valence-electron chi connectivity index (χ1n) is 14.3. The largest absolute Gasteiger partial charge is 0.359 e. The lowest BCUT2D eigenvalue weighted by Crippen LogP contribution is -2.36. The molecule has 2 aromatic rings. The molecule has 0 amide bonds. The Hall–Kier alpha value is -3.41. The van der Waals surface area contributed by atoms with Crippen LogP contribution in [-0.2, 0) is 5.67 Å². The summed E-state index contributed by atoms with van der Waals surface area (Å²) in [6.07, 6.45) is 7.71. The molecular formula is C34H48FN5. The van der Waals surface area contributed by atoms with Crippen molar-refractivity contribution in [2.75, 3.05) is 35.2 Å². The van der Waals surface area contributed by atoms with Gasteiger partial charge in [0.1, 0.15) is 11.5 Å². The zero-order chi connectivity index (χ0) is 29.5. The van der Waals surface area contributed by atoms with Crippen LogP contribution in [0, 0.1) is 18.3 Å². The van der Waals surface area contributed by atoms with E-state index in [1.165, 1.54) is 5.57 Å². The monoisotopic (exact) mass is 545 g/mol. The van der Waals surface area contributed by atoms with Gasteiger partial charge in [-0.1, -0.05) is 40.0 Å². The second-order valence-electron chi connectivity index (χ2n) is 12.5. The van der Waals surface area contributed by atoms with Crippen molar-refractivity contribution in [3.63, 3.8) is 0 Å². The van der Waals surface area contributed by atoms with Gasteiger partial charge in [0.15, 0.2) is 0 Å². The third kappa shape index (κ3) is 8.80. The van der Waals surface area contributed by atoms with Crippen LogP contribution < -0.4 is 15.5 Å². The Morgan fingerprint density at radius 3 is 2.20 bits per heavy atom. The van der Waals surface area contributed by atoms with Gasteiger partial charge in [-0.25, -0.2) is 9.37 Å². The highest BCUT2D eigenvalue weighted by atomic mass is 19.1. The molecule has 1 saturated heterocycles. The Balaban J connectivity index is 1.47. The predicted octanol–water partition coefficient (Wildman–Crippen LogP) is 8.82. The third-order valence-electron chi connectivity index (χ3n) is 7.62. The van der Waals surface area contributed by atoms with Crippen molar-refractivity contribution in [2.45, 2.75) is 72.9 Å². The molecule has 0 bridgehead atoms. The molecule has 1 fully saturated rings. The summed E-state index contributed by atoms with van der Waals surface area (Å²) in [7, 11) is 0. The van der Waals surface area contributed by atoms with E-state index in [2.05, 4.69) is 96.5 Å². The summed E-state index contributed by atoms with van der Waals surface area (Å²) in [5.74, 6) is 1.34. The van der Waals surface area contributed by atoms with Gasteiger partial charge < -0.3 is 15.5 Å². The van der Waals surface area contributed by atoms with Crippen molar-refractivity contribution in [3.8, 4) is 0 Å². The number of alkyl halides is 1. The summed E-state index contributed by atoms with van der Waals surface area (Å²) in [6.45, 7) is 26.4. The van der Waals surface area contributed by atoms with E-state index in [1.807, 2.05) is 13.0 Å². The Morgan fingerprint density at radius 1 is 1.07 bits per heavy atom. The topological polar surface area (TPSA) is 52.6 Å². The van der Waals surface area contributed by atoms with Gasteiger partial charge >= 0.3 is 0 Å². The van der Waals surface area contributed by atoms with Crippen LogP contribution in [0.5, 0.6) is 0 Å². The number of aliphatic imine (C=N–C) groups is 1. The molecule has 2 heterocycles. The third-order valence-corrected chi connectivity index (χ3v) is 7.62. The summed E-state index contributed by atoms with van der Waals surface area (Å²) in [4.78, 5) is 11.0. The van der Waals surface area contributed by atoms with E-state index < -0.39 is 5.67 Å². The van der Waals surface area contributed by atoms with Crippen LogP contribution >= 0.6 is 0 Å². The molecule has 6 heteroatoms. The van der Waals surface area contributed by atoms with Gasteiger partial charge in [0.05, 0.1) is 6.54 Å². The normalized spacial score (nSPS) is 15.1. The molecule has 0 atom stereocenters. The molecule has 0 radical (unpaired) electrons. The lowest BCUT2D eigenvalue weighted by atomic mass is 9.85. The smallest absolute Gasteiger partial charge is 0.131 e. The predicted molar refractivity (Wildman–Crippen MR) is 171 cm³/mol. The van der Waals surface area contributed by atoms with E-state index in [1.54, 1.807) is 20.0 Å². The van der Waals surface area contributed by atoms with Crippen LogP contribution in [0.3, 0.4) is 0 Å². The van der Waals surface area contributed by atoms with Crippen LogP contribution in [0.1, 0.15) is 71.4 Å². The molecule has 216 valence electrons. The van der Waals surface area contributed by atoms with E-state index in [9.17, 15) is 4.39 Å². The van der Waals surface area contributed by atoms with E-state index in [4.69, 9.17) is 0 Å². The molecule has 1 aliphatic rings. The van der Waals surface area contributed by atoms with Crippen LogP contribution in [0.25, 0.3) is 0 Å². The molecule has 3 rings (SSSR count). The Labute approximate surface area is 241 Å². The van der Waals surface area contributed by atoms with Gasteiger partial charge in [-0.05, 0) is 100 Å². The summed E-state index contributed by atoms with van der Waals surface area (Å²) in [5, 5.41) is 6.94. The minimum Gasteiger partial charge on any atom is -0.359 e. The zero-order valence-corrected chi connectivity index (χ0v) is 25.4. The number of nitrogens with zero attached hydrogens (tertiary/aromatic N) is 3. The van der Waals surface area contributed by atoms with Crippen LogP contribution in [0.2, 0.25) is 0 Å². The second-order valence-corrected chi connectivity index (χ2v) is 12.5. The van der Waals surface area contributed by atoms with Crippen molar-refractivity contribution >= 4 is 23.9 Å². The van der Waals surface area contributed by atoms with Crippen LogP contribution in [0.15, 0.2) is 77.7 Å². The summed E-state index contributed by atoms with van der Waals surface area (Å²) >= 11 is 0. The van der Waals surface area contributed by atoms with E-state index in [0.717, 1.165) is 72.9 Å². The van der Waals surface area contributed by atoms with Crippen LogP contribution in [0.4, 0.5) is 21.6 Å². The standard InChI is InChI=1S/C34H48FN5/c1-24-21-29(34(7,8)35)23-37-32(24)40-19-17-27(18-20-40)26(3)39-31-15-13-30(14-16-31)38-25(2)11-10-12-28(22-36-9)33(4,5)6/h12-16,21,23,27,38-39H,2-3,9-11,17-20,22H2,1,4-8H3/b28-12+. The van der Waals surface area contributed by atoms with E-state index >= 15 is 0 Å². The fourth-order valence-electron chi connectivity index (χ4n) is 5.00. The molecule has 0 unspecified atom stereocenters. The molecule has 1 aliphatic heterocycles. The lowest BCUT2D eigenvalue weighted by molar-refractivity contribution is 0.221. The van der Waals surface area contributed by atoms with Crippen molar-refractivity contribution < 1.29 is 4.39 Å². The van der Waals surface area contributed by atoms with Gasteiger partial charge in [-0.2, -0.15) is 0 Å². The Kier molecular flexibility index (Phi) is 10.3. The number of halogens is 1. The molecule has 0 spiro atoms. The van der Waals surface area contributed by atoms with Crippen molar-refractivity contribution in [1.29, 1.82) is 0 Å². The fraction of sp³-hybridized carbons (Fsp3) is 0.471. The minimum absolute atomic E-state index is 0.0942. The molecule has 0 aliphatic carbocycles. The van der Waals surface area contributed by atoms with Crippen molar-refractivity contribution in [3.05, 3.63) is 83.9 Å². The first kappa shape index (κ1) is 31.1. The van der Waals surface area contributed by atoms with Gasteiger partial charge in [0.25, 0.3) is 0 Å². The minimum atomic E-state index is -1.38. The second kappa shape index (κ2) is 13.3. The van der Waals surface area contributed by atoms with Gasteiger partial charge in [0, 0.05) is 53.5 Å². The number of rotatable bonds is 12. The Bertz CT molecular complexity index is 1210. The van der Waals surface area contributed by atoms with Gasteiger partial charge in [-0.3, -0.25) is 4.99 Å². The number of aryl methyl sites for hydroxylation is 1. The highest BCUT2D eigenvalue weighted by molar-refractivity contribution is 5.57. The van der Waals surface area contributed by atoms with E-state index in [-0.39, 0.29) is 5.41 Å². The fourth-order valence-corrected chi connectivity index (χ4v) is 5.00. The highest BCUT2D eigenvalue weighted by Crippen LogP contribution is 2.32. The number of allylic oxidation sites excluding steroid dienone is 3. The van der Waals surface area contributed by atoms with Gasteiger partial charge in [0.2, 0.25) is 0 Å². The number of hydrogen-bond donors (Lipinski definition) is 2. The first-order valence-corrected chi connectivity index (χ1v) is 14.3. The SMILES string of the molecule is C=NC/C(=C\CCC(=C)Nc1ccc(NC(=C)C2CCN(c3ncc(C(C)(C)F)cc3C)CC2)cc1)C(C)(C)C. The van der Waals surface area contributed by atoms with Gasteiger partial charge in [-0.15, -0.1) is 0 Å². The number of anilines is 3. The summed E-state index contributed by atoms with van der Waals surface area (Å²) in [6, 6.07) is 10.2.